The lowest BCUT2D eigenvalue weighted by Crippen LogP contribution is -2.53. The number of ether oxygens (including phenoxy) is 1. The number of amides is 2. The summed E-state index contributed by atoms with van der Waals surface area (Å²) in [5.74, 6) is -0.983. The second-order valence-corrected chi connectivity index (χ2v) is 13.3. The molecule has 0 saturated heterocycles. The maximum Gasteiger partial charge on any atom is 0.264 e. The molecule has 0 aromatic heterocycles. The molecule has 0 spiro atoms. The van der Waals surface area contributed by atoms with Gasteiger partial charge in [-0.25, -0.2) is 12.8 Å². The molecule has 0 heterocycles. The second-order valence-electron chi connectivity index (χ2n) is 10.5. The first-order valence-corrected chi connectivity index (χ1v) is 16.7. The molecule has 11 heteroatoms. The summed E-state index contributed by atoms with van der Waals surface area (Å²) in [6.07, 6.45) is 4.87. The van der Waals surface area contributed by atoms with Gasteiger partial charge in [0.25, 0.3) is 10.0 Å². The Morgan fingerprint density at radius 3 is 2.28 bits per heavy atom. The molecule has 1 N–H and O–H groups in total. The zero-order chi connectivity index (χ0) is 31.0. The van der Waals surface area contributed by atoms with Crippen LogP contribution in [0.1, 0.15) is 51.5 Å². The highest BCUT2D eigenvalue weighted by Crippen LogP contribution is 2.28. The van der Waals surface area contributed by atoms with Gasteiger partial charge in [-0.3, -0.25) is 13.9 Å². The van der Waals surface area contributed by atoms with Gasteiger partial charge in [0.1, 0.15) is 24.2 Å². The van der Waals surface area contributed by atoms with Gasteiger partial charge < -0.3 is 15.0 Å². The number of nitrogens with one attached hydrogen (secondary N) is 1. The SMILES string of the molecule is CCOc1ccc(N(CC(=O)N(Cc2ccccc2F)[C@H](C)C(=O)NC2CCCCC2)S(=O)(=O)c2ccc(Br)cc2)cc1. The van der Waals surface area contributed by atoms with Crippen LogP contribution in [0.25, 0.3) is 0 Å². The fourth-order valence-electron chi connectivity index (χ4n) is 5.10. The standard InChI is InChI=1S/C32H37BrFN3O5S/c1-3-42-28-17-15-27(16-18-28)37(43(40,41)29-19-13-25(33)14-20-29)22-31(38)36(21-24-9-7-8-12-30(24)34)23(2)32(39)35-26-10-5-4-6-11-26/h7-9,12-20,23,26H,3-6,10-11,21-22H2,1-2H3,(H,35,39)/t23-/m1/s1. The van der Waals surface area contributed by atoms with Gasteiger partial charge in [0.2, 0.25) is 11.8 Å². The average molecular weight is 675 g/mol. The highest BCUT2D eigenvalue weighted by atomic mass is 79.9. The van der Waals surface area contributed by atoms with Crippen LogP contribution in [-0.2, 0) is 26.2 Å². The van der Waals surface area contributed by atoms with E-state index >= 15 is 0 Å². The molecule has 1 saturated carbocycles. The fourth-order valence-corrected chi connectivity index (χ4v) is 6.78. The first-order valence-electron chi connectivity index (χ1n) is 14.4. The van der Waals surface area contributed by atoms with E-state index in [0.717, 1.165) is 36.4 Å². The minimum absolute atomic E-state index is 0.00671. The summed E-state index contributed by atoms with van der Waals surface area (Å²) in [7, 11) is -4.22. The average Bonchev–Trinajstić information content (AvgIpc) is 3.00. The van der Waals surface area contributed by atoms with E-state index < -0.39 is 34.3 Å². The van der Waals surface area contributed by atoms with Crippen LogP contribution in [0.5, 0.6) is 5.75 Å². The summed E-state index contributed by atoms with van der Waals surface area (Å²) >= 11 is 3.33. The van der Waals surface area contributed by atoms with E-state index in [4.69, 9.17) is 4.74 Å². The van der Waals surface area contributed by atoms with Crippen molar-refractivity contribution in [3.05, 3.63) is 88.6 Å². The van der Waals surface area contributed by atoms with Crippen LogP contribution >= 0.6 is 15.9 Å². The minimum Gasteiger partial charge on any atom is -0.494 e. The number of hydrogen-bond donors (Lipinski definition) is 1. The summed E-state index contributed by atoms with van der Waals surface area (Å²) in [5, 5.41) is 3.04. The molecular weight excluding hydrogens is 637 g/mol. The molecule has 1 fully saturated rings. The van der Waals surface area contributed by atoms with E-state index in [2.05, 4.69) is 21.2 Å². The lowest BCUT2D eigenvalue weighted by Gasteiger charge is -2.33. The van der Waals surface area contributed by atoms with Crippen LogP contribution in [0.15, 0.2) is 82.2 Å². The maximum absolute atomic E-state index is 14.8. The molecule has 1 atom stereocenters. The van der Waals surface area contributed by atoms with Crippen LogP contribution in [-0.4, -0.2) is 50.4 Å². The van der Waals surface area contributed by atoms with Crippen LogP contribution in [0.3, 0.4) is 0 Å². The molecular formula is C32H37BrFN3O5S. The Morgan fingerprint density at radius 1 is 1.00 bits per heavy atom. The van der Waals surface area contributed by atoms with Gasteiger partial charge in [0.15, 0.2) is 0 Å². The third kappa shape index (κ3) is 8.35. The number of sulfonamides is 1. The summed E-state index contributed by atoms with van der Waals surface area (Å²) in [6, 6.07) is 17.5. The topological polar surface area (TPSA) is 96.0 Å². The van der Waals surface area contributed by atoms with Crippen molar-refractivity contribution in [3.8, 4) is 5.75 Å². The Bertz CT molecular complexity index is 1500. The second kappa shape index (κ2) is 14.8. The molecule has 43 heavy (non-hydrogen) atoms. The monoisotopic (exact) mass is 673 g/mol. The molecule has 3 aromatic rings. The Hall–Kier alpha value is -3.44. The van der Waals surface area contributed by atoms with Crippen molar-refractivity contribution in [2.24, 2.45) is 0 Å². The molecule has 2 amide bonds. The molecule has 0 bridgehead atoms. The van der Waals surface area contributed by atoms with E-state index in [0.29, 0.717) is 16.8 Å². The van der Waals surface area contributed by atoms with Crippen LogP contribution in [0, 0.1) is 5.82 Å². The highest BCUT2D eigenvalue weighted by Gasteiger charge is 2.33. The van der Waals surface area contributed by atoms with E-state index in [1.165, 1.54) is 23.1 Å². The van der Waals surface area contributed by atoms with Crippen molar-refractivity contribution in [2.45, 2.75) is 69.5 Å². The Balaban J connectivity index is 1.68. The van der Waals surface area contributed by atoms with Crippen molar-refractivity contribution in [1.29, 1.82) is 0 Å². The third-order valence-electron chi connectivity index (χ3n) is 7.53. The van der Waals surface area contributed by atoms with Crippen LogP contribution < -0.4 is 14.4 Å². The van der Waals surface area contributed by atoms with Crippen LogP contribution in [0.4, 0.5) is 10.1 Å². The first kappa shape index (κ1) is 32.5. The largest absolute Gasteiger partial charge is 0.494 e. The van der Waals surface area contributed by atoms with Crippen molar-refractivity contribution < 1.29 is 27.1 Å². The number of anilines is 1. The zero-order valence-corrected chi connectivity index (χ0v) is 26.7. The number of rotatable bonds is 12. The zero-order valence-electron chi connectivity index (χ0n) is 24.3. The Labute approximate surface area is 261 Å². The van der Waals surface area contributed by atoms with Gasteiger partial charge in [-0.05, 0) is 81.3 Å². The van der Waals surface area contributed by atoms with Gasteiger partial charge >= 0.3 is 0 Å². The fraction of sp³-hybridized carbons (Fsp3) is 0.375. The number of benzene rings is 3. The molecule has 0 unspecified atom stereocenters. The van der Waals surface area contributed by atoms with Gasteiger partial charge in [-0.2, -0.15) is 0 Å². The molecule has 4 rings (SSSR count). The molecule has 1 aliphatic carbocycles. The lowest BCUT2D eigenvalue weighted by atomic mass is 9.95. The summed E-state index contributed by atoms with van der Waals surface area (Å²) in [4.78, 5) is 28.7. The Kier molecular flexibility index (Phi) is 11.2. The molecule has 8 nitrogen and oxygen atoms in total. The van der Waals surface area contributed by atoms with Gasteiger partial charge in [-0.1, -0.05) is 53.4 Å². The molecule has 0 radical (unpaired) electrons. The summed E-state index contributed by atoms with van der Waals surface area (Å²) in [5.41, 5.74) is 0.460. The van der Waals surface area contributed by atoms with E-state index in [-0.39, 0.29) is 34.6 Å². The normalized spacial score (nSPS) is 14.5. The summed E-state index contributed by atoms with van der Waals surface area (Å²) < 4.78 is 49.9. The van der Waals surface area contributed by atoms with Crippen molar-refractivity contribution >= 4 is 43.5 Å². The smallest absolute Gasteiger partial charge is 0.264 e. The third-order valence-corrected chi connectivity index (χ3v) is 9.85. The lowest BCUT2D eigenvalue weighted by molar-refractivity contribution is -0.139. The number of carbonyl (C=O) groups excluding carboxylic acids is 2. The van der Waals surface area contributed by atoms with Gasteiger partial charge in [0, 0.05) is 22.6 Å². The predicted octanol–water partition coefficient (Wildman–Crippen LogP) is 6.05. The Morgan fingerprint density at radius 2 is 1.65 bits per heavy atom. The van der Waals surface area contributed by atoms with Crippen LogP contribution in [0.2, 0.25) is 0 Å². The molecule has 3 aromatic carbocycles. The predicted molar refractivity (Wildman–Crippen MR) is 168 cm³/mol. The quantitative estimate of drug-likeness (QED) is 0.253. The number of carbonyl (C=O) groups is 2. The van der Waals surface area contributed by atoms with E-state index in [9.17, 15) is 22.4 Å². The van der Waals surface area contributed by atoms with E-state index in [1.807, 2.05) is 6.92 Å². The van der Waals surface area contributed by atoms with Crippen molar-refractivity contribution in [2.75, 3.05) is 17.5 Å². The molecule has 1 aliphatic rings. The maximum atomic E-state index is 14.8. The number of hydrogen-bond acceptors (Lipinski definition) is 5. The van der Waals surface area contributed by atoms with E-state index in [1.54, 1.807) is 61.5 Å². The van der Waals surface area contributed by atoms with Gasteiger partial charge in [-0.15, -0.1) is 0 Å². The molecule has 0 aliphatic heterocycles. The highest BCUT2D eigenvalue weighted by molar-refractivity contribution is 9.10. The number of halogens is 2. The number of nitrogens with zero attached hydrogens (tertiary/aromatic N) is 2. The van der Waals surface area contributed by atoms with Gasteiger partial charge in [0.05, 0.1) is 17.2 Å². The minimum atomic E-state index is -4.22. The van der Waals surface area contributed by atoms with Crippen molar-refractivity contribution in [3.63, 3.8) is 0 Å². The first-order chi connectivity index (χ1) is 20.6. The summed E-state index contributed by atoms with van der Waals surface area (Å²) in [6.45, 7) is 3.04. The molecule has 230 valence electrons. The van der Waals surface area contributed by atoms with Crippen molar-refractivity contribution in [1.82, 2.24) is 10.2 Å².